The molecule has 2 amide bonds. The molecule has 2 N–H and O–H groups in total. The highest BCUT2D eigenvalue weighted by Gasteiger charge is 2.28. The third-order valence-corrected chi connectivity index (χ3v) is 3.31. The van der Waals surface area contributed by atoms with Gasteiger partial charge in [0.05, 0.1) is 25.7 Å². The summed E-state index contributed by atoms with van der Waals surface area (Å²) in [7, 11) is 0. The van der Waals surface area contributed by atoms with E-state index in [-0.39, 0.29) is 19.1 Å². The SMILES string of the molecule is O=C(O)CC1COCCN1C(=O)NCCc1cccnc1. The Morgan fingerprint density at radius 2 is 2.38 bits per heavy atom. The van der Waals surface area contributed by atoms with Gasteiger partial charge in [0.2, 0.25) is 0 Å². The number of carboxylic acid groups (broad SMARTS) is 1. The molecule has 1 saturated heterocycles. The van der Waals surface area contributed by atoms with Crippen LogP contribution >= 0.6 is 0 Å². The number of morpholine rings is 1. The number of urea groups is 1. The van der Waals surface area contributed by atoms with Crippen LogP contribution in [0, 0.1) is 0 Å². The van der Waals surface area contributed by atoms with Crippen LogP contribution in [0.3, 0.4) is 0 Å². The molecule has 1 aliphatic heterocycles. The first-order valence-corrected chi connectivity index (χ1v) is 6.89. The Labute approximate surface area is 122 Å². The number of nitrogens with one attached hydrogen (secondary N) is 1. The van der Waals surface area contributed by atoms with Crippen molar-refractivity contribution in [3.05, 3.63) is 30.1 Å². The van der Waals surface area contributed by atoms with E-state index in [4.69, 9.17) is 9.84 Å². The first-order valence-electron chi connectivity index (χ1n) is 6.89. The van der Waals surface area contributed by atoms with Crippen molar-refractivity contribution in [2.45, 2.75) is 18.9 Å². The zero-order valence-corrected chi connectivity index (χ0v) is 11.7. The Kier molecular flexibility index (Phi) is 5.51. The lowest BCUT2D eigenvalue weighted by atomic mass is 10.1. The van der Waals surface area contributed by atoms with Gasteiger partial charge in [-0.05, 0) is 18.1 Å². The fourth-order valence-electron chi connectivity index (χ4n) is 2.25. The Morgan fingerprint density at radius 3 is 3.10 bits per heavy atom. The third kappa shape index (κ3) is 4.71. The second-order valence-electron chi connectivity index (χ2n) is 4.86. The van der Waals surface area contributed by atoms with Crippen molar-refractivity contribution in [3.8, 4) is 0 Å². The van der Waals surface area contributed by atoms with Gasteiger partial charge < -0.3 is 20.1 Å². The molecule has 21 heavy (non-hydrogen) atoms. The van der Waals surface area contributed by atoms with Crippen LogP contribution in [-0.2, 0) is 16.0 Å². The zero-order valence-electron chi connectivity index (χ0n) is 11.7. The first-order chi connectivity index (χ1) is 10.2. The first kappa shape index (κ1) is 15.2. The number of aliphatic carboxylic acids is 1. The lowest BCUT2D eigenvalue weighted by Gasteiger charge is -2.34. The monoisotopic (exact) mass is 293 g/mol. The van der Waals surface area contributed by atoms with Gasteiger partial charge in [0.1, 0.15) is 0 Å². The summed E-state index contributed by atoms with van der Waals surface area (Å²) in [5.74, 6) is -0.932. The van der Waals surface area contributed by atoms with E-state index in [2.05, 4.69) is 10.3 Å². The van der Waals surface area contributed by atoms with Gasteiger partial charge in [-0.2, -0.15) is 0 Å². The molecule has 1 unspecified atom stereocenters. The molecule has 2 rings (SSSR count). The van der Waals surface area contributed by atoms with Crippen molar-refractivity contribution in [2.24, 2.45) is 0 Å². The van der Waals surface area contributed by atoms with Crippen LogP contribution in [0.2, 0.25) is 0 Å². The van der Waals surface area contributed by atoms with Crippen LogP contribution in [0.25, 0.3) is 0 Å². The van der Waals surface area contributed by atoms with E-state index in [1.54, 1.807) is 17.3 Å². The molecule has 2 heterocycles. The predicted molar refractivity (Wildman–Crippen MR) is 74.9 cm³/mol. The molecular formula is C14H19N3O4. The number of hydrogen-bond donors (Lipinski definition) is 2. The van der Waals surface area contributed by atoms with Gasteiger partial charge in [-0.25, -0.2) is 4.79 Å². The third-order valence-electron chi connectivity index (χ3n) is 3.31. The normalized spacial score (nSPS) is 18.3. The van der Waals surface area contributed by atoms with Crippen molar-refractivity contribution in [3.63, 3.8) is 0 Å². The Bertz CT molecular complexity index is 480. The molecule has 1 atom stereocenters. The minimum Gasteiger partial charge on any atom is -0.481 e. The molecular weight excluding hydrogens is 274 g/mol. The number of carbonyl (C=O) groups is 2. The fourth-order valence-corrected chi connectivity index (χ4v) is 2.25. The van der Waals surface area contributed by atoms with Crippen LogP contribution < -0.4 is 5.32 Å². The van der Waals surface area contributed by atoms with Gasteiger partial charge in [0.25, 0.3) is 0 Å². The van der Waals surface area contributed by atoms with Crippen LogP contribution in [0.4, 0.5) is 4.79 Å². The van der Waals surface area contributed by atoms with E-state index in [1.165, 1.54) is 0 Å². The van der Waals surface area contributed by atoms with E-state index >= 15 is 0 Å². The maximum atomic E-state index is 12.1. The molecule has 1 aromatic rings. The molecule has 7 heteroatoms. The van der Waals surface area contributed by atoms with E-state index in [1.807, 2.05) is 12.1 Å². The molecule has 1 aliphatic rings. The van der Waals surface area contributed by atoms with Crippen LogP contribution in [0.15, 0.2) is 24.5 Å². The second kappa shape index (κ2) is 7.58. The highest BCUT2D eigenvalue weighted by molar-refractivity contribution is 5.76. The molecule has 0 bridgehead atoms. The second-order valence-corrected chi connectivity index (χ2v) is 4.86. The number of ether oxygens (including phenoxy) is 1. The summed E-state index contributed by atoms with van der Waals surface area (Å²) >= 11 is 0. The molecule has 0 saturated carbocycles. The number of nitrogens with zero attached hydrogens (tertiary/aromatic N) is 2. The minimum absolute atomic E-state index is 0.101. The quantitative estimate of drug-likeness (QED) is 0.825. The maximum absolute atomic E-state index is 12.1. The number of carboxylic acids is 1. The summed E-state index contributed by atoms with van der Waals surface area (Å²) in [4.78, 5) is 28.5. The van der Waals surface area contributed by atoms with E-state index < -0.39 is 12.0 Å². The van der Waals surface area contributed by atoms with Gasteiger partial charge in [-0.15, -0.1) is 0 Å². The number of carbonyl (C=O) groups excluding carboxylic acids is 1. The van der Waals surface area contributed by atoms with Crippen LogP contribution in [-0.4, -0.2) is 59.3 Å². The van der Waals surface area contributed by atoms with Gasteiger partial charge in [-0.1, -0.05) is 6.07 Å². The lowest BCUT2D eigenvalue weighted by molar-refractivity contribution is -0.139. The van der Waals surface area contributed by atoms with Gasteiger partial charge in [0.15, 0.2) is 0 Å². The van der Waals surface area contributed by atoms with Crippen molar-refractivity contribution in [1.29, 1.82) is 0 Å². The molecule has 0 aromatic carbocycles. The van der Waals surface area contributed by atoms with Gasteiger partial charge in [0, 0.05) is 25.5 Å². The Hall–Kier alpha value is -2.15. The number of amides is 2. The van der Waals surface area contributed by atoms with E-state index in [0.717, 1.165) is 5.56 Å². The molecule has 114 valence electrons. The van der Waals surface area contributed by atoms with E-state index in [0.29, 0.717) is 26.1 Å². The summed E-state index contributed by atoms with van der Waals surface area (Å²) in [5.41, 5.74) is 1.04. The summed E-state index contributed by atoms with van der Waals surface area (Å²) in [6, 6.07) is 3.14. The molecule has 0 spiro atoms. The van der Waals surface area contributed by atoms with E-state index in [9.17, 15) is 9.59 Å². The summed E-state index contributed by atoms with van der Waals surface area (Å²) in [5, 5.41) is 11.7. The molecule has 0 radical (unpaired) electrons. The maximum Gasteiger partial charge on any atom is 0.317 e. The Balaban J connectivity index is 1.81. The highest BCUT2D eigenvalue weighted by atomic mass is 16.5. The van der Waals surface area contributed by atoms with Crippen LogP contribution in [0.5, 0.6) is 0 Å². The molecule has 1 aromatic heterocycles. The number of aromatic nitrogens is 1. The van der Waals surface area contributed by atoms with Crippen molar-refractivity contribution >= 4 is 12.0 Å². The molecule has 0 aliphatic carbocycles. The van der Waals surface area contributed by atoms with Gasteiger partial charge in [-0.3, -0.25) is 9.78 Å². The summed E-state index contributed by atoms with van der Waals surface area (Å²) < 4.78 is 5.24. The van der Waals surface area contributed by atoms with Crippen molar-refractivity contribution < 1.29 is 19.4 Å². The van der Waals surface area contributed by atoms with Gasteiger partial charge >= 0.3 is 12.0 Å². The average Bonchev–Trinajstić information content (AvgIpc) is 2.48. The largest absolute Gasteiger partial charge is 0.481 e. The average molecular weight is 293 g/mol. The Morgan fingerprint density at radius 1 is 1.52 bits per heavy atom. The van der Waals surface area contributed by atoms with Crippen LogP contribution in [0.1, 0.15) is 12.0 Å². The number of pyridine rings is 1. The molecule has 1 fully saturated rings. The van der Waals surface area contributed by atoms with Crippen molar-refractivity contribution in [2.75, 3.05) is 26.3 Å². The standard InChI is InChI=1S/C14H19N3O4/c18-13(19)8-12-10-21-7-6-17(12)14(20)16-5-3-11-2-1-4-15-9-11/h1-2,4,9,12H,3,5-8,10H2,(H,16,20)(H,18,19). The smallest absolute Gasteiger partial charge is 0.317 e. The number of rotatable bonds is 5. The predicted octanol–water partition coefficient (Wildman–Crippen LogP) is 0.509. The number of hydrogen-bond acceptors (Lipinski definition) is 4. The molecule has 7 nitrogen and oxygen atoms in total. The summed E-state index contributed by atoms with van der Waals surface area (Å²) in [6.07, 6.45) is 4.05. The zero-order chi connectivity index (χ0) is 15.1. The summed E-state index contributed by atoms with van der Waals surface area (Å²) in [6.45, 7) is 1.60. The topological polar surface area (TPSA) is 91.8 Å². The van der Waals surface area contributed by atoms with Crippen molar-refractivity contribution in [1.82, 2.24) is 15.2 Å². The highest BCUT2D eigenvalue weighted by Crippen LogP contribution is 2.10. The fraction of sp³-hybridized carbons (Fsp3) is 0.500. The lowest BCUT2D eigenvalue weighted by Crippen LogP contribution is -2.53. The minimum atomic E-state index is -0.932.